The number of nitro groups is 1. The van der Waals surface area contributed by atoms with Crippen molar-refractivity contribution < 1.29 is 19.2 Å². The summed E-state index contributed by atoms with van der Waals surface area (Å²) in [5, 5.41) is 13.3. The first-order valence-corrected chi connectivity index (χ1v) is 7.15. The molecule has 0 bridgehead atoms. The molecule has 0 spiro atoms. The molecule has 0 aromatic heterocycles. The monoisotopic (exact) mass is 328 g/mol. The Morgan fingerprint density at radius 2 is 1.83 bits per heavy atom. The number of hydrogen-bond acceptors (Lipinski definition) is 5. The lowest BCUT2D eigenvalue weighted by molar-refractivity contribution is -0.384. The van der Waals surface area contributed by atoms with Gasteiger partial charge in [-0.15, -0.1) is 0 Å². The third kappa shape index (κ3) is 4.39. The fourth-order valence-corrected chi connectivity index (χ4v) is 2.02. The molecule has 2 rings (SSSR count). The molecule has 2 aromatic rings. The van der Waals surface area contributed by atoms with E-state index in [1.165, 1.54) is 25.1 Å². The predicted octanol–water partition coefficient (Wildman–Crippen LogP) is 3.12. The van der Waals surface area contributed by atoms with Gasteiger partial charge >= 0.3 is 0 Å². The highest BCUT2D eigenvalue weighted by atomic mass is 16.6. The van der Waals surface area contributed by atoms with E-state index in [-0.39, 0.29) is 24.0 Å². The molecular weight excluding hydrogens is 312 g/mol. The Labute approximate surface area is 138 Å². The SMILES string of the molecule is CC(=O)c1ccc(OCC(=O)Nc2ccc([N+](=O)[O-])cc2C)cc1. The highest BCUT2D eigenvalue weighted by Crippen LogP contribution is 2.21. The van der Waals surface area contributed by atoms with Crippen LogP contribution in [0.1, 0.15) is 22.8 Å². The molecule has 7 heteroatoms. The Kier molecular flexibility index (Phi) is 5.26. The van der Waals surface area contributed by atoms with Crippen LogP contribution in [-0.2, 0) is 4.79 Å². The number of hydrogen-bond donors (Lipinski definition) is 1. The number of non-ortho nitro benzene ring substituents is 1. The number of ether oxygens (including phenoxy) is 1. The van der Waals surface area contributed by atoms with E-state index in [1.807, 2.05) is 0 Å². The number of anilines is 1. The summed E-state index contributed by atoms with van der Waals surface area (Å²) in [6.07, 6.45) is 0. The molecule has 0 radical (unpaired) electrons. The third-order valence-corrected chi connectivity index (χ3v) is 3.33. The summed E-state index contributed by atoms with van der Waals surface area (Å²) in [6, 6.07) is 10.7. The van der Waals surface area contributed by atoms with Crippen LogP contribution in [0.3, 0.4) is 0 Å². The summed E-state index contributed by atoms with van der Waals surface area (Å²) in [7, 11) is 0. The van der Waals surface area contributed by atoms with Crippen molar-refractivity contribution in [3.05, 3.63) is 63.7 Å². The average Bonchev–Trinajstić information content (AvgIpc) is 2.55. The van der Waals surface area contributed by atoms with E-state index in [1.54, 1.807) is 31.2 Å². The number of ketones is 1. The van der Waals surface area contributed by atoms with Crippen LogP contribution in [0.5, 0.6) is 5.75 Å². The Bertz CT molecular complexity index is 784. The molecule has 0 unspecified atom stereocenters. The lowest BCUT2D eigenvalue weighted by Gasteiger charge is -2.09. The summed E-state index contributed by atoms with van der Waals surface area (Å²) >= 11 is 0. The number of amides is 1. The lowest BCUT2D eigenvalue weighted by atomic mass is 10.1. The summed E-state index contributed by atoms with van der Waals surface area (Å²) in [6.45, 7) is 2.93. The topological polar surface area (TPSA) is 98.5 Å². The van der Waals surface area contributed by atoms with Crippen molar-refractivity contribution in [1.82, 2.24) is 0 Å². The summed E-state index contributed by atoms with van der Waals surface area (Å²) in [4.78, 5) is 33.3. The summed E-state index contributed by atoms with van der Waals surface area (Å²) < 4.78 is 5.34. The standard InChI is InChI=1S/C17H16N2O5/c1-11-9-14(19(22)23)5-8-16(11)18-17(21)10-24-15-6-3-13(4-7-15)12(2)20/h3-9H,10H2,1-2H3,(H,18,21). The Morgan fingerprint density at radius 1 is 1.17 bits per heavy atom. The number of benzene rings is 2. The fraction of sp³-hybridized carbons (Fsp3) is 0.176. The van der Waals surface area contributed by atoms with Crippen molar-refractivity contribution in [3.63, 3.8) is 0 Å². The van der Waals surface area contributed by atoms with Gasteiger partial charge in [-0.2, -0.15) is 0 Å². The van der Waals surface area contributed by atoms with Crippen LogP contribution in [0, 0.1) is 17.0 Å². The zero-order valence-electron chi connectivity index (χ0n) is 13.2. The van der Waals surface area contributed by atoms with Crippen molar-refractivity contribution in [3.8, 4) is 5.75 Å². The van der Waals surface area contributed by atoms with Gasteiger partial charge in [0.25, 0.3) is 11.6 Å². The van der Waals surface area contributed by atoms with E-state index < -0.39 is 4.92 Å². The Morgan fingerprint density at radius 3 is 2.38 bits per heavy atom. The van der Waals surface area contributed by atoms with Crippen molar-refractivity contribution in [2.75, 3.05) is 11.9 Å². The highest BCUT2D eigenvalue weighted by Gasteiger charge is 2.10. The van der Waals surface area contributed by atoms with E-state index in [2.05, 4.69) is 5.32 Å². The normalized spacial score (nSPS) is 10.1. The van der Waals surface area contributed by atoms with Gasteiger partial charge in [-0.05, 0) is 49.7 Å². The van der Waals surface area contributed by atoms with E-state index in [9.17, 15) is 19.7 Å². The maximum absolute atomic E-state index is 11.9. The second-order valence-corrected chi connectivity index (χ2v) is 5.17. The molecule has 7 nitrogen and oxygen atoms in total. The Balaban J connectivity index is 1.93. The predicted molar refractivity (Wildman–Crippen MR) is 88.4 cm³/mol. The van der Waals surface area contributed by atoms with E-state index in [0.717, 1.165) is 0 Å². The van der Waals surface area contributed by atoms with Crippen LogP contribution in [-0.4, -0.2) is 23.2 Å². The van der Waals surface area contributed by atoms with Crippen LogP contribution in [0.25, 0.3) is 0 Å². The van der Waals surface area contributed by atoms with Crippen LogP contribution in [0.15, 0.2) is 42.5 Å². The first-order chi connectivity index (χ1) is 11.4. The van der Waals surface area contributed by atoms with Crippen molar-refractivity contribution in [1.29, 1.82) is 0 Å². The average molecular weight is 328 g/mol. The number of rotatable bonds is 6. The molecule has 0 aliphatic heterocycles. The number of carbonyl (C=O) groups is 2. The zero-order valence-corrected chi connectivity index (χ0v) is 13.2. The van der Waals surface area contributed by atoms with E-state index >= 15 is 0 Å². The maximum atomic E-state index is 11.9. The van der Waals surface area contributed by atoms with Crippen LogP contribution < -0.4 is 10.1 Å². The zero-order chi connectivity index (χ0) is 17.7. The van der Waals surface area contributed by atoms with Crippen LogP contribution >= 0.6 is 0 Å². The number of nitrogens with one attached hydrogen (secondary N) is 1. The van der Waals surface area contributed by atoms with Crippen molar-refractivity contribution in [2.24, 2.45) is 0 Å². The minimum atomic E-state index is -0.494. The molecule has 0 saturated carbocycles. The smallest absolute Gasteiger partial charge is 0.269 e. The second-order valence-electron chi connectivity index (χ2n) is 5.17. The summed E-state index contributed by atoms with van der Waals surface area (Å²) in [5.74, 6) is 0.0334. The molecule has 0 aliphatic rings. The molecule has 2 aromatic carbocycles. The second kappa shape index (κ2) is 7.36. The molecular formula is C17H16N2O5. The lowest BCUT2D eigenvalue weighted by Crippen LogP contribution is -2.20. The van der Waals surface area contributed by atoms with Crippen LogP contribution in [0.4, 0.5) is 11.4 Å². The van der Waals surface area contributed by atoms with Gasteiger partial charge in [0.1, 0.15) is 5.75 Å². The van der Waals surface area contributed by atoms with Gasteiger partial charge in [0, 0.05) is 23.4 Å². The first-order valence-electron chi connectivity index (χ1n) is 7.15. The maximum Gasteiger partial charge on any atom is 0.269 e. The fourth-order valence-electron chi connectivity index (χ4n) is 2.02. The van der Waals surface area contributed by atoms with Gasteiger partial charge in [-0.1, -0.05) is 0 Å². The minimum Gasteiger partial charge on any atom is -0.484 e. The van der Waals surface area contributed by atoms with Gasteiger partial charge in [0.05, 0.1) is 4.92 Å². The first kappa shape index (κ1) is 17.1. The molecule has 0 saturated heterocycles. The summed E-state index contributed by atoms with van der Waals surface area (Å²) in [5.41, 5.74) is 1.60. The highest BCUT2D eigenvalue weighted by molar-refractivity contribution is 5.94. The largest absolute Gasteiger partial charge is 0.484 e. The molecule has 1 amide bonds. The number of aryl methyl sites for hydroxylation is 1. The van der Waals surface area contributed by atoms with Gasteiger partial charge in [-0.25, -0.2) is 0 Å². The molecule has 0 heterocycles. The van der Waals surface area contributed by atoms with Crippen LogP contribution in [0.2, 0.25) is 0 Å². The minimum absolute atomic E-state index is 0.0349. The van der Waals surface area contributed by atoms with Crippen molar-refractivity contribution >= 4 is 23.1 Å². The number of carbonyl (C=O) groups excluding carboxylic acids is 2. The molecule has 1 N–H and O–H groups in total. The van der Waals surface area contributed by atoms with E-state index in [4.69, 9.17) is 4.74 Å². The quantitative estimate of drug-likeness (QED) is 0.499. The molecule has 0 fully saturated rings. The number of Topliss-reactive ketones (excluding diaryl/α,β-unsaturated/α-hetero) is 1. The number of nitrogens with zero attached hydrogens (tertiary/aromatic N) is 1. The van der Waals surface area contributed by atoms with Gasteiger partial charge in [0.15, 0.2) is 12.4 Å². The molecule has 24 heavy (non-hydrogen) atoms. The third-order valence-electron chi connectivity index (χ3n) is 3.33. The number of nitro benzene ring substituents is 1. The van der Waals surface area contributed by atoms with Gasteiger partial charge in [-0.3, -0.25) is 19.7 Å². The molecule has 124 valence electrons. The van der Waals surface area contributed by atoms with Gasteiger partial charge < -0.3 is 10.1 Å². The van der Waals surface area contributed by atoms with E-state index in [0.29, 0.717) is 22.6 Å². The van der Waals surface area contributed by atoms with Crippen molar-refractivity contribution in [2.45, 2.75) is 13.8 Å². The molecule has 0 atom stereocenters. The Hall–Kier alpha value is -3.22. The molecule has 0 aliphatic carbocycles. The van der Waals surface area contributed by atoms with Gasteiger partial charge in [0.2, 0.25) is 0 Å².